The molecule has 2 heterocycles. The Balaban J connectivity index is 1.69. The maximum Gasteiger partial charge on any atom is 0.356 e. The van der Waals surface area contributed by atoms with Gasteiger partial charge >= 0.3 is 5.97 Å². The summed E-state index contributed by atoms with van der Waals surface area (Å²) in [5.74, 6) is -1.86. The van der Waals surface area contributed by atoms with Gasteiger partial charge in [0.25, 0.3) is 5.91 Å². The van der Waals surface area contributed by atoms with Crippen molar-refractivity contribution >= 4 is 34.4 Å². The van der Waals surface area contributed by atoms with Gasteiger partial charge in [0, 0.05) is 41.1 Å². The van der Waals surface area contributed by atoms with E-state index in [1.807, 2.05) is 18.3 Å². The predicted octanol–water partition coefficient (Wildman–Crippen LogP) is 2.28. The number of aromatic carboxylic acids is 1. The van der Waals surface area contributed by atoms with Crippen molar-refractivity contribution in [3.05, 3.63) is 58.8 Å². The van der Waals surface area contributed by atoms with Crippen LogP contribution >= 0.6 is 11.6 Å². The molecule has 24 heavy (non-hydrogen) atoms. The van der Waals surface area contributed by atoms with E-state index in [-0.39, 0.29) is 11.4 Å². The van der Waals surface area contributed by atoms with E-state index in [2.05, 4.69) is 20.3 Å². The Hall–Kier alpha value is -2.93. The summed E-state index contributed by atoms with van der Waals surface area (Å²) in [4.78, 5) is 33.8. The molecule has 8 heteroatoms. The molecule has 0 aliphatic heterocycles. The smallest absolute Gasteiger partial charge is 0.356 e. The summed E-state index contributed by atoms with van der Waals surface area (Å²) in [5, 5.41) is 13.3. The van der Waals surface area contributed by atoms with E-state index < -0.39 is 11.9 Å². The predicted molar refractivity (Wildman–Crippen MR) is 88.3 cm³/mol. The number of rotatable bonds is 5. The molecule has 2 aromatic heterocycles. The number of fused-ring (bicyclic) bond motifs is 1. The second-order valence-electron chi connectivity index (χ2n) is 5.07. The SMILES string of the molecule is O=C(O)c1nccnc1C(=O)NCCc1c[nH]c2ccc(Cl)cc12. The topological polar surface area (TPSA) is 108 Å². The highest BCUT2D eigenvalue weighted by Gasteiger charge is 2.19. The Labute approximate surface area is 141 Å². The molecule has 0 spiro atoms. The number of aromatic nitrogens is 3. The first kappa shape index (κ1) is 15.9. The lowest BCUT2D eigenvalue weighted by molar-refractivity contribution is 0.0683. The number of carboxylic acid groups (broad SMARTS) is 1. The quantitative estimate of drug-likeness (QED) is 0.658. The lowest BCUT2D eigenvalue weighted by atomic mass is 10.1. The number of halogens is 1. The van der Waals surface area contributed by atoms with Crippen molar-refractivity contribution in [3.63, 3.8) is 0 Å². The van der Waals surface area contributed by atoms with Gasteiger partial charge in [-0.25, -0.2) is 14.8 Å². The molecule has 3 rings (SSSR count). The van der Waals surface area contributed by atoms with Gasteiger partial charge in [0.05, 0.1) is 0 Å². The normalized spacial score (nSPS) is 10.7. The fraction of sp³-hybridized carbons (Fsp3) is 0.125. The first-order valence-electron chi connectivity index (χ1n) is 7.14. The Bertz CT molecular complexity index is 923. The number of carbonyl (C=O) groups excluding carboxylic acids is 1. The summed E-state index contributed by atoms with van der Waals surface area (Å²) in [6, 6.07) is 5.54. The number of H-pyrrole nitrogens is 1. The summed E-state index contributed by atoms with van der Waals surface area (Å²) in [7, 11) is 0. The van der Waals surface area contributed by atoms with Gasteiger partial charge in [0.15, 0.2) is 11.4 Å². The van der Waals surface area contributed by atoms with Crippen LogP contribution in [0.25, 0.3) is 10.9 Å². The highest BCUT2D eigenvalue weighted by atomic mass is 35.5. The summed E-state index contributed by atoms with van der Waals surface area (Å²) in [6.45, 7) is 0.327. The van der Waals surface area contributed by atoms with Gasteiger partial charge in [-0.05, 0) is 30.2 Å². The highest BCUT2D eigenvalue weighted by Crippen LogP contribution is 2.22. The van der Waals surface area contributed by atoms with E-state index in [1.54, 1.807) is 6.07 Å². The van der Waals surface area contributed by atoms with Crippen molar-refractivity contribution in [2.75, 3.05) is 6.54 Å². The third kappa shape index (κ3) is 3.21. The average Bonchev–Trinajstić information content (AvgIpc) is 2.97. The first-order chi connectivity index (χ1) is 11.6. The van der Waals surface area contributed by atoms with Crippen LogP contribution in [0.2, 0.25) is 5.02 Å². The molecule has 0 bridgehead atoms. The standard InChI is InChI=1S/C16H13ClN4O3/c17-10-1-2-12-11(7-10)9(8-21-12)3-4-20-15(22)13-14(16(23)24)19-6-5-18-13/h1-2,5-8,21H,3-4H2,(H,20,22)(H,23,24). The number of nitrogens with zero attached hydrogens (tertiary/aromatic N) is 2. The van der Waals surface area contributed by atoms with E-state index in [0.29, 0.717) is 18.0 Å². The molecule has 1 amide bonds. The van der Waals surface area contributed by atoms with Gasteiger partial charge < -0.3 is 15.4 Å². The maximum atomic E-state index is 12.1. The Kier molecular flexibility index (Phi) is 4.43. The molecule has 7 nitrogen and oxygen atoms in total. The average molecular weight is 345 g/mol. The Morgan fingerprint density at radius 2 is 1.96 bits per heavy atom. The first-order valence-corrected chi connectivity index (χ1v) is 7.52. The largest absolute Gasteiger partial charge is 0.476 e. The van der Waals surface area contributed by atoms with Crippen molar-refractivity contribution < 1.29 is 14.7 Å². The van der Waals surface area contributed by atoms with Gasteiger partial charge in [-0.1, -0.05) is 11.6 Å². The van der Waals surface area contributed by atoms with Crippen LogP contribution in [0.1, 0.15) is 26.5 Å². The maximum absolute atomic E-state index is 12.1. The molecule has 3 aromatic rings. The van der Waals surface area contributed by atoms with Crippen LogP contribution in [0, 0.1) is 0 Å². The van der Waals surface area contributed by atoms with Gasteiger partial charge in [0.1, 0.15) is 0 Å². The fourth-order valence-corrected chi connectivity index (χ4v) is 2.58. The van der Waals surface area contributed by atoms with E-state index in [0.717, 1.165) is 16.5 Å². The molecular weight excluding hydrogens is 332 g/mol. The molecule has 0 unspecified atom stereocenters. The minimum Gasteiger partial charge on any atom is -0.476 e. The summed E-state index contributed by atoms with van der Waals surface area (Å²) < 4.78 is 0. The molecular formula is C16H13ClN4O3. The zero-order valence-corrected chi connectivity index (χ0v) is 13.2. The summed E-state index contributed by atoms with van der Waals surface area (Å²) >= 11 is 6.00. The van der Waals surface area contributed by atoms with E-state index >= 15 is 0 Å². The van der Waals surface area contributed by atoms with Crippen LogP contribution in [0.4, 0.5) is 0 Å². The van der Waals surface area contributed by atoms with Crippen molar-refractivity contribution in [3.8, 4) is 0 Å². The molecule has 0 aliphatic rings. The molecule has 122 valence electrons. The van der Waals surface area contributed by atoms with Crippen LogP contribution in [0.15, 0.2) is 36.8 Å². The zero-order chi connectivity index (χ0) is 17.1. The lowest BCUT2D eigenvalue weighted by Gasteiger charge is -2.06. The molecule has 0 fully saturated rings. The minimum absolute atomic E-state index is 0.202. The van der Waals surface area contributed by atoms with Crippen LogP contribution in [-0.4, -0.2) is 38.5 Å². The third-order valence-electron chi connectivity index (χ3n) is 3.53. The molecule has 0 radical (unpaired) electrons. The number of carboxylic acids is 1. The zero-order valence-electron chi connectivity index (χ0n) is 12.4. The second-order valence-corrected chi connectivity index (χ2v) is 5.50. The number of benzene rings is 1. The van der Waals surface area contributed by atoms with E-state index in [1.165, 1.54) is 12.4 Å². The number of hydrogen-bond acceptors (Lipinski definition) is 4. The highest BCUT2D eigenvalue weighted by molar-refractivity contribution is 6.31. The molecule has 0 aliphatic carbocycles. The number of carbonyl (C=O) groups is 2. The van der Waals surface area contributed by atoms with Gasteiger partial charge in [-0.3, -0.25) is 4.79 Å². The second kappa shape index (κ2) is 6.67. The van der Waals surface area contributed by atoms with Crippen LogP contribution in [0.5, 0.6) is 0 Å². The van der Waals surface area contributed by atoms with Crippen LogP contribution in [0.3, 0.4) is 0 Å². The summed E-state index contributed by atoms with van der Waals surface area (Å²) in [6.07, 6.45) is 4.94. The van der Waals surface area contributed by atoms with Gasteiger partial charge in [0.2, 0.25) is 0 Å². The van der Waals surface area contributed by atoms with Crippen LogP contribution < -0.4 is 5.32 Å². The van der Waals surface area contributed by atoms with Crippen LogP contribution in [-0.2, 0) is 6.42 Å². The molecule has 0 saturated carbocycles. The minimum atomic E-state index is -1.29. The third-order valence-corrected chi connectivity index (χ3v) is 3.76. The van der Waals surface area contributed by atoms with Gasteiger partial charge in [-0.15, -0.1) is 0 Å². The number of hydrogen-bond donors (Lipinski definition) is 3. The van der Waals surface area contributed by atoms with Crippen molar-refractivity contribution in [2.24, 2.45) is 0 Å². The van der Waals surface area contributed by atoms with Crippen molar-refractivity contribution in [1.29, 1.82) is 0 Å². The lowest BCUT2D eigenvalue weighted by Crippen LogP contribution is -2.28. The van der Waals surface area contributed by atoms with Crippen molar-refractivity contribution in [2.45, 2.75) is 6.42 Å². The monoisotopic (exact) mass is 344 g/mol. The molecule has 0 saturated heterocycles. The number of amides is 1. The number of nitrogens with one attached hydrogen (secondary N) is 2. The van der Waals surface area contributed by atoms with Crippen molar-refractivity contribution in [1.82, 2.24) is 20.3 Å². The Morgan fingerprint density at radius 1 is 1.21 bits per heavy atom. The molecule has 1 aromatic carbocycles. The van der Waals surface area contributed by atoms with E-state index in [9.17, 15) is 9.59 Å². The summed E-state index contributed by atoms with van der Waals surface area (Å²) in [5.41, 5.74) is 1.40. The number of aromatic amines is 1. The van der Waals surface area contributed by atoms with Gasteiger partial charge in [-0.2, -0.15) is 0 Å². The fourth-order valence-electron chi connectivity index (χ4n) is 2.41. The molecule has 0 atom stereocenters. The molecule has 3 N–H and O–H groups in total. The Morgan fingerprint density at radius 3 is 2.71 bits per heavy atom. The van der Waals surface area contributed by atoms with E-state index in [4.69, 9.17) is 16.7 Å².